The summed E-state index contributed by atoms with van der Waals surface area (Å²) in [7, 11) is 0. The molecule has 0 aliphatic carbocycles. The lowest BCUT2D eigenvalue weighted by Gasteiger charge is -2.24. The predicted octanol–water partition coefficient (Wildman–Crippen LogP) is 6.03. The van der Waals surface area contributed by atoms with Gasteiger partial charge in [0.15, 0.2) is 5.11 Å². The molecule has 0 aromatic heterocycles. The molecule has 0 unspecified atom stereocenters. The van der Waals surface area contributed by atoms with E-state index in [4.69, 9.17) is 23.8 Å². The molecule has 4 heteroatoms. The van der Waals surface area contributed by atoms with Crippen LogP contribution in [-0.2, 0) is 0 Å². The highest BCUT2D eigenvalue weighted by Gasteiger charge is 2.17. The van der Waals surface area contributed by atoms with E-state index < -0.39 is 0 Å². The van der Waals surface area contributed by atoms with Gasteiger partial charge in [0.1, 0.15) is 0 Å². The van der Waals surface area contributed by atoms with Gasteiger partial charge in [-0.05, 0) is 67.0 Å². The first-order valence-electron chi connectivity index (χ1n) is 8.48. The van der Waals surface area contributed by atoms with Crippen LogP contribution in [0.3, 0.4) is 0 Å². The Morgan fingerprint density at radius 3 is 2.27 bits per heavy atom. The van der Waals surface area contributed by atoms with Crippen molar-refractivity contribution in [2.24, 2.45) is 0 Å². The molecule has 0 bridgehead atoms. The number of rotatable bonds is 4. The summed E-state index contributed by atoms with van der Waals surface area (Å²) in [6.45, 7) is 4.24. The normalized spacial score (nSPS) is 11.7. The van der Waals surface area contributed by atoms with Gasteiger partial charge in [-0.15, -0.1) is 0 Å². The number of hydrogen-bond acceptors (Lipinski definition) is 1. The molecule has 1 atom stereocenters. The van der Waals surface area contributed by atoms with Crippen LogP contribution in [0.4, 0.5) is 5.69 Å². The van der Waals surface area contributed by atoms with Crippen LogP contribution in [-0.4, -0.2) is 5.11 Å². The van der Waals surface area contributed by atoms with Crippen LogP contribution in [0.1, 0.15) is 28.3 Å². The molecule has 0 amide bonds. The van der Waals surface area contributed by atoms with E-state index in [1.807, 2.05) is 42.5 Å². The fraction of sp³-hybridized carbons (Fsp3) is 0.136. The smallest absolute Gasteiger partial charge is 0.171 e. The van der Waals surface area contributed by atoms with E-state index in [2.05, 4.69) is 54.8 Å². The molecule has 3 aromatic rings. The number of anilines is 1. The second-order valence-electron chi connectivity index (χ2n) is 6.31. The van der Waals surface area contributed by atoms with Crippen molar-refractivity contribution in [3.05, 3.63) is 100 Å². The number of hydrogen-bond donors (Lipinski definition) is 2. The highest BCUT2D eigenvalue weighted by atomic mass is 35.5. The van der Waals surface area contributed by atoms with E-state index in [1.165, 1.54) is 22.3 Å². The lowest BCUT2D eigenvalue weighted by Crippen LogP contribution is -2.33. The van der Waals surface area contributed by atoms with E-state index in [0.717, 1.165) is 5.69 Å². The van der Waals surface area contributed by atoms with Crippen LogP contribution in [0.15, 0.2) is 72.8 Å². The Balaban J connectivity index is 1.86. The summed E-state index contributed by atoms with van der Waals surface area (Å²) >= 11 is 11.5. The van der Waals surface area contributed by atoms with Crippen LogP contribution in [0.2, 0.25) is 5.02 Å². The average molecular weight is 381 g/mol. The first-order valence-corrected chi connectivity index (χ1v) is 9.27. The molecule has 132 valence electrons. The van der Waals surface area contributed by atoms with Crippen molar-refractivity contribution in [2.75, 3.05) is 5.32 Å². The molecule has 0 radical (unpaired) electrons. The summed E-state index contributed by atoms with van der Waals surface area (Å²) < 4.78 is 0. The second kappa shape index (κ2) is 8.35. The zero-order valence-corrected chi connectivity index (χ0v) is 16.4. The minimum Gasteiger partial charge on any atom is -0.352 e. The first kappa shape index (κ1) is 18.4. The third kappa shape index (κ3) is 4.63. The largest absolute Gasteiger partial charge is 0.352 e. The highest BCUT2D eigenvalue weighted by molar-refractivity contribution is 7.80. The van der Waals surface area contributed by atoms with Crippen LogP contribution in [0, 0.1) is 13.8 Å². The van der Waals surface area contributed by atoms with Crippen molar-refractivity contribution in [1.29, 1.82) is 0 Å². The van der Waals surface area contributed by atoms with Crippen molar-refractivity contribution in [3.63, 3.8) is 0 Å². The van der Waals surface area contributed by atoms with E-state index >= 15 is 0 Å². The van der Waals surface area contributed by atoms with Crippen molar-refractivity contribution in [2.45, 2.75) is 19.9 Å². The Labute approximate surface area is 165 Å². The van der Waals surface area contributed by atoms with Crippen LogP contribution in [0.25, 0.3) is 0 Å². The Bertz CT molecular complexity index is 892. The van der Waals surface area contributed by atoms with Gasteiger partial charge >= 0.3 is 0 Å². The summed E-state index contributed by atoms with van der Waals surface area (Å²) in [5.74, 6) is 0. The van der Waals surface area contributed by atoms with Crippen molar-refractivity contribution in [3.8, 4) is 0 Å². The Morgan fingerprint density at radius 2 is 1.62 bits per heavy atom. The van der Waals surface area contributed by atoms with Crippen molar-refractivity contribution >= 4 is 34.6 Å². The molecule has 0 heterocycles. The average Bonchev–Trinajstić information content (AvgIpc) is 2.63. The van der Waals surface area contributed by atoms with Gasteiger partial charge in [0.25, 0.3) is 0 Å². The van der Waals surface area contributed by atoms with Gasteiger partial charge in [-0.3, -0.25) is 0 Å². The lowest BCUT2D eigenvalue weighted by molar-refractivity contribution is 0.762. The minimum atomic E-state index is -0.0240. The van der Waals surface area contributed by atoms with E-state index in [9.17, 15) is 0 Å². The summed E-state index contributed by atoms with van der Waals surface area (Å²) in [5, 5.41) is 7.96. The third-order valence-corrected chi connectivity index (χ3v) is 4.72. The van der Waals surface area contributed by atoms with Crippen molar-refractivity contribution in [1.82, 2.24) is 5.32 Å². The molecule has 0 fully saturated rings. The molecule has 3 rings (SSSR count). The van der Waals surface area contributed by atoms with Gasteiger partial charge in [-0.1, -0.05) is 65.7 Å². The maximum atomic E-state index is 5.95. The summed E-state index contributed by atoms with van der Waals surface area (Å²) in [4.78, 5) is 0. The molecule has 3 aromatic carbocycles. The molecule has 2 nitrogen and oxygen atoms in total. The molecule has 0 saturated carbocycles. The van der Waals surface area contributed by atoms with Gasteiger partial charge in [0.2, 0.25) is 0 Å². The topological polar surface area (TPSA) is 24.1 Å². The van der Waals surface area contributed by atoms with Gasteiger partial charge in [-0.2, -0.15) is 0 Å². The maximum absolute atomic E-state index is 5.95. The van der Waals surface area contributed by atoms with Crippen LogP contribution < -0.4 is 10.6 Å². The zero-order chi connectivity index (χ0) is 18.5. The molecule has 0 aliphatic heterocycles. The second-order valence-corrected chi connectivity index (χ2v) is 7.15. The number of aryl methyl sites for hydroxylation is 2. The SMILES string of the molecule is Cc1ccc([C@@H](NC(=S)Nc2ccc(Cl)cc2)c2ccccc2)c(C)c1. The van der Waals surface area contributed by atoms with Crippen LogP contribution in [0.5, 0.6) is 0 Å². The van der Waals surface area contributed by atoms with Gasteiger partial charge < -0.3 is 10.6 Å². The standard InChI is InChI=1S/C22H21ClN2S/c1-15-8-13-20(16(2)14-15)21(17-6-4-3-5-7-17)25-22(26)24-19-11-9-18(23)10-12-19/h3-14,21H,1-2H3,(H2,24,25,26)/t21-/m0/s1. The van der Waals surface area contributed by atoms with Crippen molar-refractivity contribution < 1.29 is 0 Å². The van der Waals surface area contributed by atoms with Gasteiger partial charge in [0.05, 0.1) is 6.04 Å². The third-order valence-electron chi connectivity index (χ3n) is 4.25. The molecule has 0 aliphatic rings. The van der Waals surface area contributed by atoms with E-state index in [0.29, 0.717) is 10.1 Å². The Morgan fingerprint density at radius 1 is 0.923 bits per heavy atom. The van der Waals surface area contributed by atoms with E-state index in [1.54, 1.807) is 0 Å². The molecular formula is C22H21ClN2S. The fourth-order valence-electron chi connectivity index (χ4n) is 2.97. The minimum absolute atomic E-state index is 0.0240. The Hall–Kier alpha value is -2.36. The molecule has 26 heavy (non-hydrogen) atoms. The molecule has 0 saturated heterocycles. The summed E-state index contributed by atoms with van der Waals surface area (Å²) in [5.41, 5.74) is 5.77. The molecular weight excluding hydrogens is 360 g/mol. The molecule has 0 spiro atoms. The maximum Gasteiger partial charge on any atom is 0.171 e. The molecule has 2 N–H and O–H groups in total. The van der Waals surface area contributed by atoms with Gasteiger partial charge in [0, 0.05) is 10.7 Å². The zero-order valence-electron chi connectivity index (χ0n) is 14.8. The predicted molar refractivity (Wildman–Crippen MR) is 115 cm³/mol. The summed E-state index contributed by atoms with van der Waals surface area (Å²) in [6, 6.07) is 24.3. The van der Waals surface area contributed by atoms with Crippen LogP contribution >= 0.6 is 23.8 Å². The number of benzene rings is 3. The quantitative estimate of drug-likeness (QED) is 0.540. The fourth-order valence-corrected chi connectivity index (χ4v) is 3.33. The summed E-state index contributed by atoms with van der Waals surface area (Å²) in [6.07, 6.45) is 0. The number of halogens is 1. The highest BCUT2D eigenvalue weighted by Crippen LogP contribution is 2.26. The lowest BCUT2D eigenvalue weighted by atomic mass is 9.94. The van der Waals surface area contributed by atoms with E-state index in [-0.39, 0.29) is 6.04 Å². The van der Waals surface area contributed by atoms with Gasteiger partial charge in [-0.25, -0.2) is 0 Å². The Kier molecular flexibility index (Phi) is 5.92. The monoisotopic (exact) mass is 380 g/mol. The first-order chi connectivity index (χ1) is 12.5. The number of nitrogens with one attached hydrogen (secondary N) is 2. The number of thiocarbonyl (C=S) groups is 1.